The molecular weight excluding hydrogens is 238 g/mol. The second kappa shape index (κ2) is 4.58. The third kappa shape index (κ3) is 2.46. The number of aromatic carboxylic acids is 1. The Bertz CT molecular complexity index is 606. The number of amides is 1. The first-order valence-electron chi connectivity index (χ1n) is 4.92. The van der Waals surface area contributed by atoms with Gasteiger partial charge < -0.3 is 20.6 Å². The molecule has 1 amide bonds. The van der Waals surface area contributed by atoms with Crippen molar-refractivity contribution in [3.8, 4) is 0 Å². The van der Waals surface area contributed by atoms with E-state index in [9.17, 15) is 9.59 Å². The second-order valence-corrected chi connectivity index (χ2v) is 3.41. The summed E-state index contributed by atoms with van der Waals surface area (Å²) in [5.74, 6) is -1.74. The zero-order valence-corrected chi connectivity index (χ0v) is 9.08. The van der Waals surface area contributed by atoms with Gasteiger partial charge in [-0.2, -0.15) is 4.98 Å². The number of carbonyl (C=O) groups is 2. The predicted molar refractivity (Wildman–Crippen MR) is 61.7 cm³/mol. The van der Waals surface area contributed by atoms with Crippen LogP contribution in [0.5, 0.6) is 0 Å². The maximum absolute atomic E-state index is 11.0. The lowest BCUT2D eigenvalue weighted by Crippen LogP contribution is -2.10. The van der Waals surface area contributed by atoms with E-state index in [4.69, 9.17) is 15.3 Å². The van der Waals surface area contributed by atoms with Gasteiger partial charge in [0.15, 0.2) is 5.69 Å². The monoisotopic (exact) mass is 247 g/mol. The number of aromatic nitrogens is 1. The van der Waals surface area contributed by atoms with Gasteiger partial charge in [-0.05, 0) is 18.2 Å². The van der Waals surface area contributed by atoms with Crippen LogP contribution < -0.4 is 11.1 Å². The van der Waals surface area contributed by atoms with Gasteiger partial charge in [0.05, 0.1) is 0 Å². The van der Waals surface area contributed by atoms with Gasteiger partial charge in [0, 0.05) is 11.3 Å². The molecule has 0 spiro atoms. The van der Waals surface area contributed by atoms with E-state index in [1.54, 1.807) is 18.2 Å². The first-order valence-corrected chi connectivity index (χ1v) is 4.92. The summed E-state index contributed by atoms with van der Waals surface area (Å²) < 4.78 is 4.91. The van der Waals surface area contributed by atoms with Crippen LogP contribution in [0, 0.1) is 0 Å². The van der Waals surface area contributed by atoms with E-state index in [0.717, 1.165) is 6.26 Å². The van der Waals surface area contributed by atoms with Crippen molar-refractivity contribution in [3.05, 3.63) is 41.8 Å². The highest BCUT2D eigenvalue weighted by atomic mass is 16.4. The van der Waals surface area contributed by atoms with Crippen molar-refractivity contribution < 1.29 is 19.1 Å². The van der Waals surface area contributed by atoms with E-state index in [1.807, 2.05) is 0 Å². The molecule has 0 atom stereocenters. The highest BCUT2D eigenvalue weighted by Crippen LogP contribution is 2.17. The summed E-state index contributed by atoms with van der Waals surface area (Å²) in [6.45, 7) is 0. The number of nitrogens with one attached hydrogen (secondary N) is 1. The number of carbonyl (C=O) groups excluding carboxylic acids is 1. The number of hydrogen-bond acceptors (Lipinski definition) is 5. The van der Waals surface area contributed by atoms with Crippen molar-refractivity contribution in [1.82, 2.24) is 4.98 Å². The summed E-state index contributed by atoms with van der Waals surface area (Å²) in [6.07, 6.45) is 1.02. The number of nitrogens with zero attached hydrogens (tertiary/aromatic N) is 1. The van der Waals surface area contributed by atoms with Gasteiger partial charge in [-0.25, -0.2) is 4.79 Å². The number of oxazole rings is 1. The zero-order valence-electron chi connectivity index (χ0n) is 9.08. The molecule has 7 heteroatoms. The molecule has 2 rings (SSSR count). The third-order valence-corrected chi connectivity index (χ3v) is 2.12. The zero-order chi connectivity index (χ0) is 13.1. The molecule has 92 valence electrons. The number of rotatable bonds is 4. The van der Waals surface area contributed by atoms with Gasteiger partial charge in [-0.1, -0.05) is 6.07 Å². The first kappa shape index (κ1) is 11.6. The number of anilines is 2. The van der Waals surface area contributed by atoms with Crippen molar-refractivity contribution in [2.45, 2.75) is 0 Å². The summed E-state index contributed by atoms with van der Waals surface area (Å²) in [5, 5.41) is 11.4. The number of carboxylic acid groups (broad SMARTS) is 1. The normalized spacial score (nSPS) is 10.0. The molecule has 0 saturated carbocycles. The molecule has 0 bridgehead atoms. The van der Waals surface area contributed by atoms with Crippen LogP contribution >= 0.6 is 0 Å². The third-order valence-electron chi connectivity index (χ3n) is 2.12. The smallest absolute Gasteiger partial charge is 0.357 e. The van der Waals surface area contributed by atoms with E-state index < -0.39 is 11.9 Å². The summed E-state index contributed by atoms with van der Waals surface area (Å²) in [4.78, 5) is 25.3. The molecular formula is C11H9N3O4. The minimum absolute atomic E-state index is 0.0222. The highest BCUT2D eigenvalue weighted by molar-refractivity contribution is 5.93. The van der Waals surface area contributed by atoms with Crippen LogP contribution in [0.2, 0.25) is 0 Å². The van der Waals surface area contributed by atoms with Gasteiger partial charge in [0.2, 0.25) is 5.91 Å². The van der Waals surface area contributed by atoms with Crippen LogP contribution in [-0.2, 0) is 0 Å². The molecule has 7 nitrogen and oxygen atoms in total. The Morgan fingerprint density at radius 2 is 2.17 bits per heavy atom. The fourth-order valence-corrected chi connectivity index (χ4v) is 1.30. The van der Waals surface area contributed by atoms with E-state index in [1.165, 1.54) is 6.07 Å². The Morgan fingerprint density at radius 3 is 2.78 bits per heavy atom. The van der Waals surface area contributed by atoms with E-state index >= 15 is 0 Å². The van der Waals surface area contributed by atoms with Gasteiger partial charge in [0.25, 0.3) is 6.01 Å². The fourth-order valence-electron chi connectivity index (χ4n) is 1.30. The first-order chi connectivity index (χ1) is 8.56. The lowest BCUT2D eigenvalue weighted by Gasteiger charge is -2.02. The van der Waals surface area contributed by atoms with Gasteiger partial charge in [0.1, 0.15) is 6.26 Å². The largest absolute Gasteiger partial charge is 0.476 e. The standard InChI is InChI=1S/C11H9N3O4/c12-9(15)6-2-1-3-7(4-6)13-11-14-8(5-18-11)10(16)17/h1-5H,(H2,12,15)(H,13,14)(H,16,17). The summed E-state index contributed by atoms with van der Waals surface area (Å²) in [7, 11) is 0. The fraction of sp³-hybridized carbons (Fsp3) is 0. The number of hydrogen-bond donors (Lipinski definition) is 3. The van der Waals surface area contributed by atoms with Crippen LogP contribution in [0.25, 0.3) is 0 Å². The lowest BCUT2D eigenvalue weighted by molar-refractivity contribution is 0.0690. The molecule has 1 heterocycles. The molecule has 0 aliphatic rings. The minimum atomic E-state index is -1.18. The Labute approximate surface area is 101 Å². The second-order valence-electron chi connectivity index (χ2n) is 3.41. The average Bonchev–Trinajstić information content (AvgIpc) is 2.78. The highest BCUT2D eigenvalue weighted by Gasteiger charge is 2.10. The molecule has 0 aliphatic carbocycles. The quantitative estimate of drug-likeness (QED) is 0.747. The molecule has 0 fully saturated rings. The SMILES string of the molecule is NC(=O)c1cccc(Nc2nc(C(=O)O)co2)c1. The van der Waals surface area contributed by atoms with Crippen molar-refractivity contribution in [3.63, 3.8) is 0 Å². The Balaban J connectivity index is 2.20. The van der Waals surface area contributed by atoms with Crippen molar-refractivity contribution in [1.29, 1.82) is 0 Å². The van der Waals surface area contributed by atoms with Crippen LogP contribution in [-0.4, -0.2) is 22.0 Å². The maximum atomic E-state index is 11.0. The molecule has 4 N–H and O–H groups in total. The molecule has 0 unspecified atom stereocenters. The Hall–Kier alpha value is -2.83. The van der Waals surface area contributed by atoms with Crippen molar-refractivity contribution >= 4 is 23.6 Å². The van der Waals surface area contributed by atoms with Crippen LogP contribution in [0.3, 0.4) is 0 Å². The summed E-state index contributed by atoms with van der Waals surface area (Å²) in [5.41, 5.74) is 5.77. The van der Waals surface area contributed by atoms with E-state index in [2.05, 4.69) is 10.3 Å². The summed E-state index contributed by atoms with van der Waals surface area (Å²) in [6, 6.07) is 6.38. The van der Waals surface area contributed by atoms with E-state index in [-0.39, 0.29) is 11.7 Å². The van der Waals surface area contributed by atoms with E-state index in [0.29, 0.717) is 11.3 Å². The van der Waals surface area contributed by atoms with Crippen LogP contribution in [0.4, 0.5) is 11.7 Å². The molecule has 0 aliphatic heterocycles. The maximum Gasteiger partial charge on any atom is 0.357 e. The minimum Gasteiger partial charge on any atom is -0.476 e. The number of carboxylic acids is 1. The van der Waals surface area contributed by atoms with Crippen molar-refractivity contribution in [2.24, 2.45) is 5.73 Å². The Morgan fingerprint density at radius 1 is 1.39 bits per heavy atom. The number of primary amides is 1. The van der Waals surface area contributed by atoms with Gasteiger partial charge >= 0.3 is 5.97 Å². The topological polar surface area (TPSA) is 118 Å². The molecule has 18 heavy (non-hydrogen) atoms. The number of benzene rings is 1. The average molecular weight is 247 g/mol. The van der Waals surface area contributed by atoms with Gasteiger partial charge in [-0.15, -0.1) is 0 Å². The predicted octanol–water partition coefficient (Wildman–Crippen LogP) is 1.22. The van der Waals surface area contributed by atoms with Crippen molar-refractivity contribution in [2.75, 3.05) is 5.32 Å². The molecule has 2 aromatic rings. The number of nitrogens with two attached hydrogens (primary N) is 1. The van der Waals surface area contributed by atoms with Crippen LogP contribution in [0.15, 0.2) is 34.9 Å². The molecule has 0 radical (unpaired) electrons. The molecule has 0 saturated heterocycles. The lowest BCUT2D eigenvalue weighted by atomic mass is 10.2. The molecule has 1 aromatic heterocycles. The Kier molecular flexibility index (Phi) is 2.96. The summed E-state index contributed by atoms with van der Waals surface area (Å²) >= 11 is 0. The van der Waals surface area contributed by atoms with Crippen LogP contribution in [0.1, 0.15) is 20.8 Å². The van der Waals surface area contributed by atoms with Gasteiger partial charge in [-0.3, -0.25) is 4.79 Å². The molecule has 1 aromatic carbocycles.